The third-order valence-electron chi connectivity index (χ3n) is 5.07. The number of thioether (sulfide) groups is 1. The van der Waals surface area contributed by atoms with Crippen LogP contribution >= 0.6 is 11.8 Å². The summed E-state index contributed by atoms with van der Waals surface area (Å²) in [4.78, 5) is 25.3. The summed E-state index contributed by atoms with van der Waals surface area (Å²) in [5.74, 6) is 2.93. The molecule has 1 amide bonds. The Labute approximate surface area is 202 Å². The highest BCUT2D eigenvalue weighted by molar-refractivity contribution is 7.99. The van der Waals surface area contributed by atoms with Crippen LogP contribution in [-0.4, -0.2) is 36.3 Å². The predicted molar refractivity (Wildman–Crippen MR) is 134 cm³/mol. The molecule has 33 heavy (non-hydrogen) atoms. The summed E-state index contributed by atoms with van der Waals surface area (Å²) in [6, 6.07) is 13.0. The van der Waals surface area contributed by atoms with Crippen LogP contribution in [0.3, 0.4) is 0 Å². The number of Topliss-reactive ketones (excluding diaryl/α,β-unsaturated/α-hetero) is 1. The van der Waals surface area contributed by atoms with Gasteiger partial charge in [-0.2, -0.15) is 0 Å². The molecule has 0 saturated heterocycles. The minimum absolute atomic E-state index is 0.119. The first-order valence-corrected chi connectivity index (χ1v) is 12.8. The van der Waals surface area contributed by atoms with Crippen LogP contribution in [-0.2, 0) is 21.9 Å². The van der Waals surface area contributed by atoms with Gasteiger partial charge >= 0.3 is 6.09 Å². The zero-order valence-electron chi connectivity index (χ0n) is 20.2. The van der Waals surface area contributed by atoms with Gasteiger partial charge in [0.2, 0.25) is 0 Å². The van der Waals surface area contributed by atoms with Crippen molar-refractivity contribution in [3.63, 3.8) is 0 Å². The second-order valence-corrected chi connectivity index (χ2v) is 10.1. The van der Waals surface area contributed by atoms with Gasteiger partial charge in [0.25, 0.3) is 0 Å². The van der Waals surface area contributed by atoms with E-state index in [0.29, 0.717) is 29.9 Å². The number of alkyl carbamates (subject to hydrolysis) is 1. The van der Waals surface area contributed by atoms with Gasteiger partial charge in [0, 0.05) is 12.6 Å². The van der Waals surface area contributed by atoms with E-state index in [-0.39, 0.29) is 24.5 Å². The number of rotatable bonds is 15. The highest BCUT2D eigenvalue weighted by atomic mass is 32.2. The SMILES string of the molecule is CC(C)CC(CNC(CC(C)C)C(=O)CSCc1ccco1)NC(=O)OCc1ccccc1. The molecule has 1 aromatic heterocycles. The average molecular weight is 475 g/mol. The molecule has 0 fully saturated rings. The smallest absolute Gasteiger partial charge is 0.407 e. The Balaban J connectivity index is 1.86. The first-order chi connectivity index (χ1) is 15.8. The molecule has 0 saturated carbocycles. The Kier molecular flexibility index (Phi) is 12.1. The number of hydrogen-bond acceptors (Lipinski definition) is 6. The van der Waals surface area contributed by atoms with Crippen molar-refractivity contribution in [2.24, 2.45) is 11.8 Å². The second kappa shape index (κ2) is 14.8. The van der Waals surface area contributed by atoms with Gasteiger partial charge in [0.15, 0.2) is 5.78 Å². The lowest BCUT2D eigenvalue weighted by molar-refractivity contribution is -0.118. The van der Waals surface area contributed by atoms with Crippen molar-refractivity contribution in [3.05, 3.63) is 60.1 Å². The zero-order valence-corrected chi connectivity index (χ0v) is 21.0. The number of nitrogens with one attached hydrogen (secondary N) is 2. The summed E-state index contributed by atoms with van der Waals surface area (Å²) in [5.41, 5.74) is 0.945. The fourth-order valence-electron chi connectivity index (χ4n) is 3.53. The third kappa shape index (κ3) is 11.4. The summed E-state index contributed by atoms with van der Waals surface area (Å²) in [7, 11) is 0. The van der Waals surface area contributed by atoms with Crippen LogP contribution in [0.25, 0.3) is 0 Å². The Morgan fingerprint density at radius 2 is 1.73 bits per heavy atom. The first kappa shape index (κ1) is 27.0. The standard InChI is InChI=1S/C26H38N2O4S/c1-19(2)13-22(28-26(30)32-16-21-9-6-5-7-10-21)15-27-24(14-20(3)4)25(29)18-33-17-23-11-8-12-31-23/h5-12,19-20,22,24,27H,13-18H2,1-4H3,(H,28,30). The first-order valence-electron chi connectivity index (χ1n) is 11.7. The van der Waals surface area contributed by atoms with Crippen LogP contribution in [0.2, 0.25) is 0 Å². The average Bonchev–Trinajstić information content (AvgIpc) is 3.28. The van der Waals surface area contributed by atoms with Crippen molar-refractivity contribution in [2.45, 2.75) is 65.0 Å². The van der Waals surface area contributed by atoms with Gasteiger partial charge in [-0.05, 0) is 42.4 Å². The highest BCUT2D eigenvalue weighted by Gasteiger charge is 2.22. The van der Waals surface area contributed by atoms with E-state index in [2.05, 4.69) is 38.3 Å². The largest absolute Gasteiger partial charge is 0.468 e. The lowest BCUT2D eigenvalue weighted by Gasteiger charge is -2.25. The zero-order chi connectivity index (χ0) is 24.1. The molecule has 0 radical (unpaired) electrons. The van der Waals surface area contributed by atoms with E-state index >= 15 is 0 Å². The Morgan fingerprint density at radius 3 is 2.36 bits per heavy atom. The van der Waals surface area contributed by atoms with Crippen molar-refractivity contribution in [1.82, 2.24) is 10.6 Å². The van der Waals surface area contributed by atoms with Gasteiger partial charge in [-0.1, -0.05) is 58.0 Å². The summed E-state index contributed by atoms with van der Waals surface area (Å²) < 4.78 is 10.7. The molecule has 2 rings (SSSR count). The van der Waals surface area contributed by atoms with Crippen molar-refractivity contribution in [2.75, 3.05) is 12.3 Å². The van der Waals surface area contributed by atoms with Gasteiger partial charge in [0.1, 0.15) is 12.4 Å². The van der Waals surface area contributed by atoms with E-state index in [1.807, 2.05) is 42.5 Å². The molecule has 0 aliphatic carbocycles. The molecule has 0 aliphatic heterocycles. The monoisotopic (exact) mass is 474 g/mol. The summed E-state index contributed by atoms with van der Waals surface area (Å²) in [6.45, 7) is 9.21. The quantitative estimate of drug-likeness (QED) is 0.358. The molecule has 0 aliphatic rings. The highest BCUT2D eigenvalue weighted by Crippen LogP contribution is 2.15. The molecular weight excluding hydrogens is 436 g/mol. The molecule has 7 heteroatoms. The molecule has 182 valence electrons. The van der Waals surface area contributed by atoms with E-state index in [9.17, 15) is 9.59 Å². The molecule has 0 spiro atoms. The van der Waals surface area contributed by atoms with Crippen LogP contribution in [0.15, 0.2) is 53.1 Å². The molecular formula is C26H38N2O4S. The van der Waals surface area contributed by atoms with E-state index in [1.165, 1.54) is 0 Å². The fraction of sp³-hybridized carbons (Fsp3) is 0.538. The summed E-state index contributed by atoms with van der Waals surface area (Å²) in [5, 5.41) is 6.40. The number of ether oxygens (including phenoxy) is 1. The summed E-state index contributed by atoms with van der Waals surface area (Å²) in [6.07, 6.45) is 2.76. The normalized spacial score (nSPS) is 13.2. The number of carbonyl (C=O) groups is 2. The Bertz CT molecular complexity index is 809. The number of carbonyl (C=O) groups excluding carboxylic acids is 2. The number of furan rings is 1. The van der Waals surface area contributed by atoms with Gasteiger partial charge in [-0.3, -0.25) is 4.79 Å². The second-order valence-electron chi connectivity index (χ2n) is 9.16. The van der Waals surface area contributed by atoms with Crippen molar-refractivity contribution in [3.8, 4) is 0 Å². The lowest BCUT2D eigenvalue weighted by atomic mass is 9.99. The topological polar surface area (TPSA) is 80.6 Å². The fourth-order valence-corrected chi connectivity index (χ4v) is 4.40. The van der Waals surface area contributed by atoms with E-state index in [1.54, 1.807) is 18.0 Å². The third-order valence-corrected chi connectivity index (χ3v) is 6.04. The number of amides is 1. The molecule has 1 aromatic carbocycles. The Hall–Kier alpha value is -2.25. The van der Waals surface area contributed by atoms with Gasteiger partial charge in [-0.15, -0.1) is 11.8 Å². The van der Waals surface area contributed by atoms with Gasteiger partial charge in [0.05, 0.1) is 23.8 Å². The number of ketones is 1. The van der Waals surface area contributed by atoms with Crippen molar-refractivity contribution < 1.29 is 18.7 Å². The predicted octanol–water partition coefficient (Wildman–Crippen LogP) is 5.43. The Morgan fingerprint density at radius 1 is 1.00 bits per heavy atom. The summed E-state index contributed by atoms with van der Waals surface area (Å²) >= 11 is 1.56. The van der Waals surface area contributed by atoms with E-state index in [0.717, 1.165) is 24.2 Å². The van der Waals surface area contributed by atoms with Crippen LogP contribution in [0.5, 0.6) is 0 Å². The van der Waals surface area contributed by atoms with Crippen LogP contribution in [0.4, 0.5) is 4.79 Å². The molecule has 1 heterocycles. The lowest BCUT2D eigenvalue weighted by Crippen LogP contribution is -2.48. The van der Waals surface area contributed by atoms with Crippen LogP contribution in [0, 0.1) is 11.8 Å². The van der Waals surface area contributed by atoms with E-state index < -0.39 is 6.09 Å². The molecule has 2 N–H and O–H groups in total. The number of benzene rings is 1. The minimum atomic E-state index is -0.438. The maximum atomic E-state index is 12.9. The van der Waals surface area contributed by atoms with Gasteiger partial charge in [-0.25, -0.2) is 4.79 Å². The molecule has 2 atom stereocenters. The molecule has 2 aromatic rings. The number of hydrogen-bond donors (Lipinski definition) is 2. The van der Waals surface area contributed by atoms with Gasteiger partial charge < -0.3 is 19.8 Å². The molecule has 6 nitrogen and oxygen atoms in total. The molecule has 0 bridgehead atoms. The van der Waals surface area contributed by atoms with Crippen molar-refractivity contribution >= 4 is 23.6 Å². The molecule has 2 unspecified atom stereocenters. The van der Waals surface area contributed by atoms with Crippen LogP contribution in [0.1, 0.15) is 51.9 Å². The van der Waals surface area contributed by atoms with E-state index in [4.69, 9.17) is 9.15 Å². The maximum Gasteiger partial charge on any atom is 0.407 e. The van der Waals surface area contributed by atoms with Crippen LogP contribution < -0.4 is 10.6 Å². The minimum Gasteiger partial charge on any atom is -0.468 e. The maximum absolute atomic E-state index is 12.9. The van der Waals surface area contributed by atoms with Crippen molar-refractivity contribution in [1.29, 1.82) is 0 Å².